The molecular formula is C43H72N2O7. The molecule has 1 unspecified atom stereocenters. The highest BCUT2D eigenvalue weighted by Gasteiger charge is 2.51. The Morgan fingerprint density at radius 2 is 1.23 bits per heavy atom. The van der Waals surface area contributed by atoms with Crippen molar-refractivity contribution in [3.05, 3.63) is 24.3 Å². The summed E-state index contributed by atoms with van der Waals surface area (Å²) in [5, 5.41) is 0. The van der Waals surface area contributed by atoms with Gasteiger partial charge in [-0.15, -0.1) is 0 Å². The molecule has 1 aliphatic heterocycles. The molecule has 9 nitrogen and oxygen atoms in total. The summed E-state index contributed by atoms with van der Waals surface area (Å²) in [4.78, 5) is 42.7. The minimum Gasteiger partial charge on any atom is -0.465 e. The smallest absolute Gasteiger partial charge is 0.465 e. The lowest BCUT2D eigenvalue weighted by molar-refractivity contribution is -0.155. The van der Waals surface area contributed by atoms with Gasteiger partial charge in [0.05, 0.1) is 12.3 Å². The number of carbonyl (C=O) groups excluding carboxylic acids is 3. The largest absolute Gasteiger partial charge is 0.508 e. The Kier molecular flexibility index (Phi) is 19.6. The molecule has 5 aliphatic rings. The van der Waals surface area contributed by atoms with Crippen molar-refractivity contribution in [3.63, 3.8) is 0 Å². The third kappa shape index (κ3) is 16.7. The third-order valence-electron chi connectivity index (χ3n) is 11.9. The van der Waals surface area contributed by atoms with Gasteiger partial charge in [-0.05, 0) is 107 Å². The second kappa shape index (κ2) is 24.1. The van der Waals surface area contributed by atoms with Gasteiger partial charge in [-0.3, -0.25) is 14.5 Å². The lowest BCUT2D eigenvalue weighted by Gasteiger charge is -2.56. The molecule has 0 spiro atoms. The van der Waals surface area contributed by atoms with Crippen molar-refractivity contribution in [2.45, 2.75) is 135 Å². The van der Waals surface area contributed by atoms with Crippen LogP contribution >= 0.6 is 0 Å². The molecule has 1 saturated heterocycles. The molecule has 0 aromatic heterocycles. The fourth-order valence-corrected chi connectivity index (χ4v) is 9.32. The van der Waals surface area contributed by atoms with Gasteiger partial charge in [0.25, 0.3) is 0 Å². The van der Waals surface area contributed by atoms with Crippen LogP contribution in [-0.2, 0) is 28.5 Å². The second-order valence-electron chi connectivity index (χ2n) is 16.7. The number of allylic oxidation sites excluding steroid dienone is 4. The van der Waals surface area contributed by atoms with Gasteiger partial charge in [-0.2, -0.15) is 0 Å². The molecular weight excluding hydrogens is 656 g/mol. The van der Waals surface area contributed by atoms with Crippen LogP contribution in [0.25, 0.3) is 0 Å². The zero-order valence-electron chi connectivity index (χ0n) is 32.9. The van der Waals surface area contributed by atoms with Crippen LogP contribution in [0.3, 0.4) is 0 Å². The molecule has 1 heterocycles. The van der Waals surface area contributed by atoms with E-state index in [4.69, 9.17) is 18.9 Å². The summed E-state index contributed by atoms with van der Waals surface area (Å²) in [6, 6.07) is 0. The highest BCUT2D eigenvalue weighted by Crippen LogP contribution is 2.61. The molecule has 9 heteroatoms. The summed E-state index contributed by atoms with van der Waals surface area (Å²) in [6.45, 7) is 7.14. The maximum absolute atomic E-state index is 13.1. The van der Waals surface area contributed by atoms with E-state index in [0.717, 1.165) is 95.3 Å². The van der Waals surface area contributed by atoms with Gasteiger partial charge in [0.15, 0.2) is 0 Å². The summed E-state index contributed by atoms with van der Waals surface area (Å²) in [5.74, 6) is 1.43. The van der Waals surface area contributed by atoms with Crippen LogP contribution < -0.4 is 0 Å². The van der Waals surface area contributed by atoms with E-state index in [-0.39, 0.29) is 43.8 Å². The molecule has 52 heavy (non-hydrogen) atoms. The first-order valence-corrected chi connectivity index (χ1v) is 21.1. The van der Waals surface area contributed by atoms with E-state index in [1.54, 1.807) is 0 Å². The summed E-state index contributed by atoms with van der Waals surface area (Å²) < 4.78 is 22.2. The molecule has 0 aromatic carbocycles. The number of piperazine rings is 1. The van der Waals surface area contributed by atoms with Gasteiger partial charge in [-0.1, -0.05) is 69.8 Å². The molecule has 4 bridgehead atoms. The minimum atomic E-state index is -0.744. The Balaban J connectivity index is 1.08. The van der Waals surface area contributed by atoms with Gasteiger partial charge < -0.3 is 23.8 Å². The van der Waals surface area contributed by atoms with Crippen LogP contribution in [0.15, 0.2) is 24.3 Å². The van der Waals surface area contributed by atoms with Crippen molar-refractivity contribution in [1.82, 2.24) is 9.80 Å². The van der Waals surface area contributed by atoms with E-state index in [1.807, 2.05) is 0 Å². The quantitative estimate of drug-likeness (QED) is 0.0375. The van der Waals surface area contributed by atoms with Crippen molar-refractivity contribution in [1.29, 1.82) is 0 Å². The van der Waals surface area contributed by atoms with E-state index in [2.05, 4.69) is 48.1 Å². The number of unbranched alkanes of at least 4 members (excludes halogenated alkanes) is 9. The Labute approximate surface area is 315 Å². The van der Waals surface area contributed by atoms with Crippen LogP contribution in [-0.4, -0.2) is 94.1 Å². The average molecular weight is 729 g/mol. The highest BCUT2D eigenvalue weighted by atomic mass is 16.7. The van der Waals surface area contributed by atoms with Crippen molar-refractivity contribution in [2.75, 3.05) is 66.2 Å². The normalized spacial score (nSPS) is 25.2. The Hall–Kier alpha value is -2.39. The summed E-state index contributed by atoms with van der Waals surface area (Å²) in [7, 11) is 2.11. The van der Waals surface area contributed by atoms with Gasteiger partial charge in [0, 0.05) is 39.1 Å². The first kappa shape index (κ1) is 42.4. The van der Waals surface area contributed by atoms with E-state index >= 15 is 0 Å². The Bertz CT molecular complexity index is 1060. The van der Waals surface area contributed by atoms with Gasteiger partial charge in [0.1, 0.15) is 26.4 Å². The number of hydrogen-bond acceptors (Lipinski definition) is 9. The summed E-state index contributed by atoms with van der Waals surface area (Å²) >= 11 is 0. The topological polar surface area (TPSA) is 94.6 Å². The minimum absolute atomic E-state index is 0.0315. The van der Waals surface area contributed by atoms with Gasteiger partial charge >= 0.3 is 18.1 Å². The van der Waals surface area contributed by atoms with Crippen LogP contribution in [0, 0.1) is 29.1 Å². The molecule has 0 aromatic rings. The van der Waals surface area contributed by atoms with Gasteiger partial charge in [-0.25, -0.2) is 4.79 Å². The molecule has 296 valence electrons. The van der Waals surface area contributed by atoms with E-state index in [9.17, 15) is 14.4 Å². The number of esters is 2. The number of ether oxygens (including phenoxy) is 4. The molecule has 1 atom stereocenters. The summed E-state index contributed by atoms with van der Waals surface area (Å²) in [5.41, 5.74) is 0.0969. The van der Waals surface area contributed by atoms with Crippen molar-refractivity contribution in [2.24, 2.45) is 29.1 Å². The molecule has 5 rings (SSSR count). The lowest BCUT2D eigenvalue weighted by Crippen LogP contribution is -2.47. The number of hydrogen-bond donors (Lipinski definition) is 0. The second-order valence-corrected chi connectivity index (χ2v) is 16.7. The maximum Gasteiger partial charge on any atom is 0.508 e. The van der Waals surface area contributed by atoms with Crippen molar-refractivity contribution in [3.8, 4) is 0 Å². The van der Waals surface area contributed by atoms with Crippen LogP contribution in [0.5, 0.6) is 0 Å². The first-order chi connectivity index (χ1) is 25.3. The van der Waals surface area contributed by atoms with Crippen LogP contribution in [0.1, 0.15) is 135 Å². The molecule has 0 amide bonds. The van der Waals surface area contributed by atoms with E-state index in [1.165, 1.54) is 64.2 Å². The zero-order valence-corrected chi connectivity index (χ0v) is 32.9. The number of carbonyl (C=O) groups is 3. The molecule has 5 fully saturated rings. The Morgan fingerprint density at radius 3 is 1.87 bits per heavy atom. The van der Waals surface area contributed by atoms with Crippen LogP contribution in [0.2, 0.25) is 0 Å². The third-order valence-corrected chi connectivity index (χ3v) is 11.9. The molecule has 4 aliphatic carbocycles. The number of likely N-dealkylation sites (N-methyl/N-ethyl adjacent to an activating group) is 1. The van der Waals surface area contributed by atoms with Crippen molar-refractivity contribution >= 4 is 18.1 Å². The number of rotatable bonds is 26. The predicted octanol–water partition coefficient (Wildman–Crippen LogP) is 8.90. The zero-order chi connectivity index (χ0) is 36.9. The molecule has 0 radical (unpaired) electrons. The van der Waals surface area contributed by atoms with Crippen molar-refractivity contribution < 1.29 is 33.3 Å². The standard InChI is InChI=1S/C43H72N2O7/c1-3-4-5-6-7-8-9-10-11-12-13-14-15-16-17-18-19-40(46)50-33-39(35-52-42(48)49-25-24-45-22-20-44(2)21-23-45)34-51-41(47)32-43-29-36-26-37(30-43)28-38(27-36)31-43/h7-8,10-11,36-39H,3-6,9,12-35H2,1-2H3/b8-7-,11-10-. The van der Waals surface area contributed by atoms with E-state index in [0.29, 0.717) is 19.4 Å². The maximum atomic E-state index is 13.1. The SMILES string of the molecule is CCCCC/C=C\C/C=C\CCCCCCCCC(=O)OCC(COC(=O)CC12CC3CC(CC(C3)C1)C2)COC(=O)OCCN1CCN(C)CC1. The first-order valence-electron chi connectivity index (χ1n) is 21.1. The Morgan fingerprint density at radius 1 is 0.673 bits per heavy atom. The fourth-order valence-electron chi connectivity index (χ4n) is 9.32. The van der Waals surface area contributed by atoms with Gasteiger partial charge in [0.2, 0.25) is 0 Å². The number of nitrogens with zero attached hydrogens (tertiary/aromatic N) is 2. The van der Waals surface area contributed by atoms with E-state index < -0.39 is 12.1 Å². The lowest BCUT2D eigenvalue weighted by atomic mass is 9.49. The summed E-state index contributed by atoms with van der Waals surface area (Å²) in [6.07, 6.45) is 30.4. The highest BCUT2D eigenvalue weighted by molar-refractivity contribution is 5.70. The van der Waals surface area contributed by atoms with Crippen LogP contribution in [0.4, 0.5) is 4.79 Å². The monoisotopic (exact) mass is 729 g/mol. The fraction of sp³-hybridized carbons (Fsp3) is 0.837. The molecule has 0 N–H and O–H groups in total. The average Bonchev–Trinajstić information content (AvgIpc) is 3.11. The predicted molar refractivity (Wildman–Crippen MR) is 206 cm³/mol. The molecule has 4 saturated carbocycles.